The Morgan fingerprint density at radius 2 is 1.85 bits per heavy atom. The predicted molar refractivity (Wildman–Crippen MR) is 97.9 cm³/mol. The van der Waals surface area contributed by atoms with Crippen LogP contribution < -0.4 is 9.47 Å². The lowest BCUT2D eigenvalue weighted by Crippen LogP contribution is -2.24. The number of rotatable bonds is 7. The van der Waals surface area contributed by atoms with Gasteiger partial charge < -0.3 is 9.47 Å². The summed E-state index contributed by atoms with van der Waals surface area (Å²) in [4.78, 5) is 11.3. The summed E-state index contributed by atoms with van der Waals surface area (Å²) in [6.45, 7) is 2.19. The van der Waals surface area contributed by atoms with Crippen LogP contribution in [-0.2, 0) is 4.79 Å². The molecule has 0 heterocycles. The molecular weight excluding hydrogens is 331 g/mol. The molecule has 0 bridgehead atoms. The van der Waals surface area contributed by atoms with Gasteiger partial charge in [0.15, 0.2) is 0 Å². The van der Waals surface area contributed by atoms with Gasteiger partial charge in [-0.2, -0.15) is 0 Å². The van der Waals surface area contributed by atoms with Gasteiger partial charge in [-0.1, -0.05) is 12.1 Å². The molecule has 0 amide bonds. The second-order valence-corrected chi connectivity index (χ2v) is 7.36. The van der Waals surface area contributed by atoms with Crippen molar-refractivity contribution in [2.75, 3.05) is 6.61 Å². The van der Waals surface area contributed by atoms with E-state index in [1.807, 2.05) is 24.3 Å². The van der Waals surface area contributed by atoms with E-state index in [9.17, 15) is 9.18 Å². The van der Waals surface area contributed by atoms with Gasteiger partial charge in [0.05, 0.1) is 12.7 Å². The van der Waals surface area contributed by atoms with Crippen molar-refractivity contribution in [2.45, 2.75) is 38.7 Å². The highest BCUT2D eigenvalue weighted by atomic mass is 19.1. The molecule has 0 spiro atoms. The van der Waals surface area contributed by atoms with Crippen molar-refractivity contribution >= 4 is 5.78 Å². The van der Waals surface area contributed by atoms with Crippen molar-refractivity contribution in [3.63, 3.8) is 0 Å². The molecule has 2 aliphatic carbocycles. The molecule has 2 aromatic carbocycles. The maximum absolute atomic E-state index is 14.3. The van der Waals surface area contributed by atoms with E-state index in [0.717, 1.165) is 36.3 Å². The zero-order valence-corrected chi connectivity index (χ0v) is 14.9. The summed E-state index contributed by atoms with van der Waals surface area (Å²) >= 11 is 0. The van der Waals surface area contributed by atoms with E-state index in [-0.39, 0.29) is 23.6 Å². The number of halogens is 1. The number of Topliss-reactive ketones (excluding diaryl/α,β-unsaturated/α-hetero) is 1. The number of hydrogen-bond acceptors (Lipinski definition) is 3. The number of hydrogen-bond donors (Lipinski definition) is 0. The first-order valence-corrected chi connectivity index (χ1v) is 9.30. The molecule has 136 valence electrons. The summed E-state index contributed by atoms with van der Waals surface area (Å²) in [6, 6.07) is 12.3. The lowest BCUT2D eigenvalue weighted by Gasteiger charge is -2.26. The number of benzene rings is 2. The minimum Gasteiger partial charge on any atom is -0.493 e. The Balaban J connectivity index is 1.41. The van der Waals surface area contributed by atoms with Crippen molar-refractivity contribution in [3.8, 4) is 22.6 Å². The smallest absolute Gasteiger partial charge is 0.133 e. The van der Waals surface area contributed by atoms with Crippen LogP contribution in [0.2, 0.25) is 0 Å². The van der Waals surface area contributed by atoms with Crippen molar-refractivity contribution < 1.29 is 18.7 Å². The Kier molecular flexibility index (Phi) is 4.66. The standard InChI is InChI=1S/C22H23FO3/c1-14(24)20-11-16(20)13-25-17-7-5-15(6-8-17)21-12-19(9-10-22(21)23)26-18-3-2-4-18/h5-10,12,16,18,20H,2-4,11,13H2,1H3. The van der Waals surface area contributed by atoms with E-state index in [1.54, 1.807) is 19.1 Å². The fourth-order valence-corrected chi connectivity index (χ4v) is 3.34. The molecule has 2 unspecified atom stereocenters. The lowest BCUT2D eigenvalue weighted by molar-refractivity contribution is -0.118. The van der Waals surface area contributed by atoms with E-state index < -0.39 is 0 Å². The van der Waals surface area contributed by atoms with Gasteiger partial charge in [-0.05, 0) is 68.5 Å². The SMILES string of the molecule is CC(=O)C1CC1COc1ccc(-c2cc(OC3CCC3)ccc2F)cc1. The number of carbonyl (C=O) groups excluding carboxylic acids is 1. The summed E-state index contributed by atoms with van der Waals surface area (Å²) in [5.41, 5.74) is 1.33. The maximum atomic E-state index is 14.3. The lowest BCUT2D eigenvalue weighted by atomic mass is 9.96. The molecule has 2 saturated carbocycles. The Labute approximate surface area is 153 Å². The minimum atomic E-state index is -0.262. The zero-order chi connectivity index (χ0) is 18.1. The van der Waals surface area contributed by atoms with Crippen LogP contribution in [0.1, 0.15) is 32.6 Å². The van der Waals surface area contributed by atoms with E-state index >= 15 is 0 Å². The first kappa shape index (κ1) is 17.1. The van der Waals surface area contributed by atoms with E-state index in [2.05, 4.69) is 0 Å². The molecule has 2 aliphatic rings. The first-order valence-electron chi connectivity index (χ1n) is 9.30. The van der Waals surface area contributed by atoms with Crippen molar-refractivity contribution in [2.24, 2.45) is 11.8 Å². The molecule has 0 radical (unpaired) electrons. The van der Waals surface area contributed by atoms with Gasteiger partial charge in [0.1, 0.15) is 23.1 Å². The van der Waals surface area contributed by atoms with E-state index in [0.29, 0.717) is 18.1 Å². The Morgan fingerprint density at radius 1 is 1.12 bits per heavy atom. The molecular formula is C22H23FO3. The van der Waals surface area contributed by atoms with E-state index in [1.165, 1.54) is 12.5 Å². The van der Waals surface area contributed by atoms with Crippen molar-refractivity contribution in [1.29, 1.82) is 0 Å². The molecule has 4 rings (SSSR count). The molecule has 0 aromatic heterocycles. The van der Waals surface area contributed by atoms with Crippen LogP contribution in [0.15, 0.2) is 42.5 Å². The van der Waals surface area contributed by atoms with Crippen molar-refractivity contribution in [3.05, 3.63) is 48.3 Å². The normalized spacial score (nSPS) is 21.8. The third-order valence-corrected chi connectivity index (χ3v) is 5.37. The molecule has 3 nitrogen and oxygen atoms in total. The average molecular weight is 354 g/mol. The van der Waals surface area contributed by atoms with Crippen LogP contribution in [0.5, 0.6) is 11.5 Å². The average Bonchev–Trinajstić information content (AvgIpc) is 3.38. The van der Waals surface area contributed by atoms with Gasteiger partial charge in [0.2, 0.25) is 0 Å². The molecule has 26 heavy (non-hydrogen) atoms. The molecule has 4 heteroatoms. The third kappa shape index (κ3) is 3.74. The highest BCUT2D eigenvalue weighted by molar-refractivity contribution is 5.81. The third-order valence-electron chi connectivity index (χ3n) is 5.37. The van der Waals surface area contributed by atoms with Gasteiger partial charge >= 0.3 is 0 Å². The Morgan fingerprint density at radius 3 is 2.46 bits per heavy atom. The van der Waals surface area contributed by atoms with Gasteiger partial charge in [0.25, 0.3) is 0 Å². The summed E-state index contributed by atoms with van der Waals surface area (Å²) < 4.78 is 25.9. The van der Waals surface area contributed by atoms with Crippen molar-refractivity contribution in [1.82, 2.24) is 0 Å². The van der Waals surface area contributed by atoms with Crippen LogP contribution in [0, 0.1) is 17.7 Å². The highest BCUT2D eigenvalue weighted by Crippen LogP contribution is 2.39. The summed E-state index contributed by atoms with van der Waals surface area (Å²) in [7, 11) is 0. The number of carbonyl (C=O) groups is 1. The van der Waals surface area contributed by atoms with Gasteiger partial charge in [-0.25, -0.2) is 4.39 Å². The van der Waals surface area contributed by atoms with Gasteiger partial charge in [-0.3, -0.25) is 4.79 Å². The fraction of sp³-hybridized carbons (Fsp3) is 0.409. The molecule has 2 fully saturated rings. The number of ether oxygens (including phenoxy) is 2. The maximum Gasteiger partial charge on any atom is 0.133 e. The second kappa shape index (κ2) is 7.10. The van der Waals surface area contributed by atoms with E-state index in [4.69, 9.17) is 9.47 Å². The zero-order valence-electron chi connectivity index (χ0n) is 14.9. The van der Waals surface area contributed by atoms with Gasteiger partial charge in [-0.15, -0.1) is 0 Å². The largest absolute Gasteiger partial charge is 0.493 e. The quantitative estimate of drug-likeness (QED) is 0.700. The summed E-state index contributed by atoms with van der Waals surface area (Å²) in [6.07, 6.45) is 4.54. The van der Waals surface area contributed by atoms with Gasteiger partial charge in [0, 0.05) is 17.4 Å². The minimum absolute atomic E-state index is 0.168. The molecule has 0 saturated heterocycles. The second-order valence-electron chi connectivity index (χ2n) is 7.36. The molecule has 2 aromatic rings. The van der Waals surface area contributed by atoms with Crippen LogP contribution >= 0.6 is 0 Å². The highest BCUT2D eigenvalue weighted by Gasteiger charge is 2.41. The Bertz CT molecular complexity index is 796. The predicted octanol–water partition coefficient (Wildman–Crippen LogP) is 5.03. The van der Waals surface area contributed by atoms with Crippen LogP contribution in [0.25, 0.3) is 11.1 Å². The van der Waals surface area contributed by atoms with Crippen LogP contribution in [0.3, 0.4) is 0 Å². The number of ketones is 1. The molecule has 0 N–H and O–H groups in total. The molecule has 2 atom stereocenters. The fourth-order valence-electron chi connectivity index (χ4n) is 3.34. The Hall–Kier alpha value is -2.36. The summed E-state index contributed by atoms with van der Waals surface area (Å²) in [5.74, 6) is 1.95. The van der Waals surface area contributed by atoms with Crippen LogP contribution in [0.4, 0.5) is 4.39 Å². The topological polar surface area (TPSA) is 35.5 Å². The molecule has 0 aliphatic heterocycles. The first-order chi connectivity index (χ1) is 12.6. The van der Waals surface area contributed by atoms with Crippen LogP contribution in [-0.4, -0.2) is 18.5 Å². The summed E-state index contributed by atoms with van der Waals surface area (Å²) in [5, 5.41) is 0. The monoisotopic (exact) mass is 354 g/mol.